The third-order valence-electron chi connectivity index (χ3n) is 6.06. The molecule has 8 heteroatoms. The predicted octanol–water partition coefficient (Wildman–Crippen LogP) is 2.81. The number of nitrogens with zero attached hydrogens (tertiary/aromatic N) is 1. The van der Waals surface area contributed by atoms with Gasteiger partial charge in [-0.15, -0.1) is 0 Å². The maximum Gasteiger partial charge on any atom is 0.234 e. The minimum atomic E-state index is -0.752. The summed E-state index contributed by atoms with van der Waals surface area (Å²) in [6, 6.07) is 15.9. The Morgan fingerprint density at radius 1 is 1.11 bits per heavy atom. The van der Waals surface area contributed by atoms with Crippen molar-refractivity contribution in [3.63, 3.8) is 0 Å². The van der Waals surface area contributed by atoms with Gasteiger partial charge < -0.3 is 25.2 Å². The summed E-state index contributed by atoms with van der Waals surface area (Å²) in [5, 5.41) is 15.8. The summed E-state index contributed by atoms with van der Waals surface area (Å²) in [7, 11) is 0. The number of aliphatic hydroxyl groups excluding tert-OH is 1. The Hall–Kier alpha value is -2.94. The van der Waals surface area contributed by atoms with Crippen LogP contribution in [0.25, 0.3) is 0 Å². The van der Waals surface area contributed by atoms with Gasteiger partial charge in [0.25, 0.3) is 0 Å². The first-order valence-electron chi connectivity index (χ1n) is 13.2. The number of carbonyl (C=O) groups excluding carboxylic acids is 2. The number of hydrogen-bond donors (Lipinski definition) is 3. The number of hydrogen-bond acceptors (Lipinski definition) is 6. The predicted molar refractivity (Wildman–Crippen MR) is 143 cm³/mol. The Morgan fingerprint density at radius 3 is 2.70 bits per heavy atom. The Bertz CT molecular complexity index is 983. The highest BCUT2D eigenvalue weighted by Gasteiger charge is 2.17. The number of carbonyl (C=O) groups is 2. The average Bonchev–Trinajstić information content (AvgIpc) is 2.88. The van der Waals surface area contributed by atoms with Crippen molar-refractivity contribution < 1.29 is 24.2 Å². The molecule has 0 aliphatic carbocycles. The van der Waals surface area contributed by atoms with Crippen molar-refractivity contribution in [2.45, 2.75) is 64.8 Å². The van der Waals surface area contributed by atoms with E-state index in [1.54, 1.807) is 0 Å². The number of fused-ring (bicyclic) bond motifs is 1. The van der Waals surface area contributed by atoms with Crippen LogP contribution in [-0.4, -0.2) is 66.9 Å². The maximum atomic E-state index is 12.7. The van der Waals surface area contributed by atoms with Gasteiger partial charge in [0.2, 0.25) is 11.8 Å². The molecule has 1 atom stereocenters. The fourth-order valence-corrected chi connectivity index (χ4v) is 4.17. The van der Waals surface area contributed by atoms with Crippen LogP contribution in [0.1, 0.15) is 49.8 Å². The van der Waals surface area contributed by atoms with Gasteiger partial charge in [0.05, 0.1) is 38.4 Å². The molecule has 0 saturated heterocycles. The molecular formula is C29H41N3O5. The lowest BCUT2D eigenvalue weighted by atomic mass is 10.1. The first-order valence-corrected chi connectivity index (χ1v) is 13.2. The van der Waals surface area contributed by atoms with Crippen molar-refractivity contribution >= 4 is 11.8 Å². The number of amides is 2. The van der Waals surface area contributed by atoms with Crippen LogP contribution in [0, 0.1) is 0 Å². The molecule has 1 aliphatic rings. The lowest BCUT2D eigenvalue weighted by Crippen LogP contribution is -2.37. The van der Waals surface area contributed by atoms with Crippen molar-refractivity contribution in [3.05, 3.63) is 65.2 Å². The molecule has 3 N–H and O–H groups in total. The van der Waals surface area contributed by atoms with E-state index >= 15 is 0 Å². The molecule has 0 fully saturated rings. The molecule has 0 bridgehead atoms. The molecule has 0 aromatic heterocycles. The summed E-state index contributed by atoms with van der Waals surface area (Å²) in [4.78, 5) is 27.3. The molecule has 2 amide bonds. The molecule has 2 aromatic rings. The molecule has 2 aromatic carbocycles. The van der Waals surface area contributed by atoms with E-state index in [9.17, 15) is 14.7 Å². The van der Waals surface area contributed by atoms with E-state index in [0.717, 1.165) is 41.7 Å². The van der Waals surface area contributed by atoms with Gasteiger partial charge in [-0.05, 0) is 50.3 Å². The van der Waals surface area contributed by atoms with E-state index in [0.29, 0.717) is 26.2 Å². The van der Waals surface area contributed by atoms with Crippen molar-refractivity contribution in [1.82, 2.24) is 15.5 Å². The zero-order valence-corrected chi connectivity index (χ0v) is 22.1. The first-order chi connectivity index (χ1) is 17.9. The van der Waals surface area contributed by atoms with Crippen molar-refractivity contribution in [1.29, 1.82) is 0 Å². The van der Waals surface area contributed by atoms with Gasteiger partial charge in [0.15, 0.2) is 0 Å². The minimum Gasteiger partial charge on any atom is -0.493 e. The summed E-state index contributed by atoms with van der Waals surface area (Å²) < 4.78 is 11.5. The van der Waals surface area contributed by atoms with Crippen LogP contribution in [0.2, 0.25) is 0 Å². The van der Waals surface area contributed by atoms with Gasteiger partial charge in [-0.3, -0.25) is 14.5 Å². The van der Waals surface area contributed by atoms with Gasteiger partial charge in [0.1, 0.15) is 5.75 Å². The van der Waals surface area contributed by atoms with Crippen LogP contribution < -0.4 is 15.4 Å². The van der Waals surface area contributed by atoms with Crippen molar-refractivity contribution in [2.75, 3.05) is 32.8 Å². The second-order valence-electron chi connectivity index (χ2n) is 9.85. The standard InChI is InChI=1S/C29H41N3O5/c1-22(2)37-21-26(33)17-31-28(34)16-24-11-12-27-25(15-24)19-32(18-23-9-5-3-6-10-23)20-29(35)30-13-7-4-8-14-36-27/h3,5-6,9-12,15,22,26,33H,4,7-8,13-14,16-21H2,1-2H3,(H,30,35)(H,31,34). The van der Waals surface area contributed by atoms with E-state index in [1.165, 1.54) is 0 Å². The topological polar surface area (TPSA) is 100 Å². The Balaban J connectivity index is 1.72. The van der Waals surface area contributed by atoms with Crippen LogP contribution in [-0.2, 0) is 33.8 Å². The molecule has 0 spiro atoms. The van der Waals surface area contributed by atoms with Gasteiger partial charge in [-0.25, -0.2) is 0 Å². The molecule has 1 unspecified atom stereocenters. The molecular weight excluding hydrogens is 470 g/mol. The third-order valence-corrected chi connectivity index (χ3v) is 6.06. The van der Waals surface area contributed by atoms with E-state index in [-0.39, 0.29) is 44.0 Å². The minimum absolute atomic E-state index is 0.00758. The molecule has 0 radical (unpaired) electrons. The van der Waals surface area contributed by atoms with Crippen LogP contribution in [0.3, 0.4) is 0 Å². The van der Waals surface area contributed by atoms with E-state index in [1.807, 2.05) is 50.2 Å². The number of rotatable bonds is 9. The molecule has 8 nitrogen and oxygen atoms in total. The number of nitrogens with one attached hydrogen (secondary N) is 2. The second-order valence-corrected chi connectivity index (χ2v) is 9.85. The van der Waals surface area contributed by atoms with E-state index in [4.69, 9.17) is 9.47 Å². The van der Waals surface area contributed by atoms with Gasteiger partial charge in [-0.1, -0.05) is 42.5 Å². The third kappa shape index (κ3) is 10.9. The molecule has 3 rings (SSSR count). The summed E-state index contributed by atoms with van der Waals surface area (Å²) in [5.74, 6) is 0.617. The van der Waals surface area contributed by atoms with E-state index < -0.39 is 6.10 Å². The fourth-order valence-electron chi connectivity index (χ4n) is 4.17. The largest absolute Gasteiger partial charge is 0.493 e. The maximum absolute atomic E-state index is 12.7. The summed E-state index contributed by atoms with van der Waals surface area (Å²) in [5.41, 5.74) is 2.91. The lowest BCUT2D eigenvalue weighted by molar-refractivity contribution is -0.122. The number of benzene rings is 2. The Labute approximate surface area is 220 Å². The Kier molecular flexibility index (Phi) is 11.9. The summed E-state index contributed by atoms with van der Waals surface area (Å²) in [6.07, 6.45) is 2.27. The van der Waals surface area contributed by atoms with Gasteiger partial charge in [-0.2, -0.15) is 0 Å². The zero-order chi connectivity index (χ0) is 26.5. The second kappa shape index (κ2) is 15.3. The molecule has 37 heavy (non-hydrogen) atoms. The first kappa shape index (κ1) is 28.6. The van der Waals surface area contributed by atoms with Gasteiger partial charge >= 0.3 is 0 Å². The lowest BCUT2D eigenvalue weighted by Gasteiger charge is -2.24. The van der Waals surface area contributed by atoms with Crippen LogP contribution >= 0.6 is 0 Å². The van der Waals surface area contributed by atoms with Crippen LogP contribution in [0.15, 0.2) is 48.5 Å². The Morgan fingerprint density at radius 2 is 1.92 bits per heavy atom. The number of aliphatic hydroxyl groups is 1. The zero-order valence-electron chi connectivity index (χ0n) is 22.1. The normalized spacial score (nSPS) is 16.4. The number of ether oxygens (including phenoxy) is 2. The average molecular weight is 512 g/mol. The molecule has 202 valence electrons. The van der Waals surface area contributed by atoms with Crippen molar-refractivity contribution in [2.24, 2.45) is 0 Å². The highest BCUT2D eigenvalue weighted by molar-refractivity contribution is 5.79. The highest BCUT2D eigenvalue weighted by Crippen LogP contribution is 2.24. The van der Waals surface area contributed by atoms with E-state index in [2.05, 4.69) is 27.7 Å². The summed E-state index contributed by atoms with van der Waals surface area (Å²) in [6.45, 7) is 6.80. The quantitative estimate of drug-likeness (QED) is 0.479. The smallest absolute Gasteiger partial charge is 0.234 e. The highest BCUT2D eigenvalue weighted by atomic mass is 16.5. The van der Waals surface area contributed by atoms with Crippen LogP contribution in [0.4, 0.5) is 0 Å². The fraction of sp³-hybridized carbons (Fsp3) is 0.517. The summed E-state index contributed by atoms with van der Waals surface area (Å²) >= 11 is 0. The molecule has 1 aliphatic heterocycles. The molecule has 1 heterocycles. The van der Waals surface area contributed by atoms with Gasteiger partial charge in [0, 0.05) is 31.7 Å². The molecule has 0 saturated carbocycles. The SMILES string of the molecule is CC(C)OCC(O)CNC(=O)Cc1ccc2c(c1)CN(Cc1ccccc1)CC(=O)NCCCCCO2. The van der Waals surface area contributed by atoms with Crippen LogP contribution in [0.5, 0.6) is 5.75 Å². The van der Waals surface area contributed by atoms with Crippen molar-refractivity contribution in [3.8, 4) is 5.75 Å². The monoisotopic (exact) mass is 511 g/mol.